The van der Waals surface area contributed by atoms with Crippen molar-refractivity contribution in [1.82, 2.24) is 0 Å². The lowest BCUT2D eigenvalue weighted by molar-refractivity contribution is 0.0804. The smallest absolute Gasteiger partial charge is 0.167 e. The Bertz CT molecular complexity index is 372. The number of thiol groups is 1. The molecule has 16 heavy (non-hydrogen) atoms. The third-order valence-electron chi connectivity index (χ3n) is 3.18. The second kappa shape index (κ2) is 4.62. The van der Waals surface area contributed by atoms with Gasteiger partial charge in [0, 0.05) is 11.5 Å². The van der Waals surface area contributed by atoms with Crippen molar-refractivity contribution < 1.29 is 13.5 Å². The Morgan fingerprint density at radius 3 is 2.56 bits per heavy atom. The van der Waals surface area contributed by atoms with Crippen LogP contribution in [0.3, 0.4) is 0 Å². The number of ether oxygens (including phenoxy) is 1. The van der Waals surface area contributed by atoms with Gasteiger partial charge < -0.3 is 4.74 Å². The first-order valence-corrected chi connectivity index (χ1v) is 5.97. The summed E-state index contributed by atoms with van der Waals surface area (Å²) in [5.74, 6) is -0.365. The molecule has 1 aromatic carbocycles. The third kappa shape index (κ3) is 2.32. The van der Waals surface area contributed by atoms with Crippen molar-refractivity contribution >= 4 is 12.6 Å². The lowest BCUT2D eigenvalue weighted by Crippen LogP contribution is -2.37. The Morgan fingerprint density at radius 2 is 2.06 bits per heavy atom. The first kappa shape index (κ1) is 11.7. The maximum Gasteiger partial charge on any atom is 0.167 e. The fourth-order valence-electron chi connectivity index (χ4n) is 1.85. The Kier molecular flexibility index (Phi) is 3.38. The fourth-order valence-corrected chi connectivity index (χ4v) is 2.26. The monoisotopic (exact) mass is 244 g/mol. The number of rotatable bonds is 4. The molecule has 1 nitrogen and oxygen atoms in total. The lowest BCUT2D eigenvalue weighted by atomic mass is 9.71. The quantitative estimate of drug-likeness (QED) is 0.798. The van der Waals surface area contributed by atoms with Crippen LogP contribution in [0.4, 0.5) is 8.78 Å². The van der Waals surface area contributed by atoms with Crippen LogP contribution < -0.4 is 4.74 Å². The summed E-state index contributed by atoms with van der Waals surface area (Å²) in [7, 11) is 0. The van der Waals surface area contributed by atoms with Crippen LogP contribution in [-0.4, -0.2) is 12.4 Å². The first-order valence-electron chi connectivity index (χ1n) is 5.34. The fraction of sp³-hybridized carbons (Fsp3) is 0.500. The molecular weight excluding hydrogens is 230 g/mol. The Labute approximate surface area is 99.2 Å². The van der Waals surface area contributed by atoms with Crippen LogP contribution in [0.25, 0.3) is 0 Å². The summed E-state index contributed by atoms with van der Waals surface area (Å²) in [6, 6.07) is 3.37. The number of halogens is 2. The van der Waals surface area contributed by atoms with Crippen LogP contribution in [0.15, 0.2) is 18.2 Å². The van der Waals surface area contributed by atoms with Crippen LogP contribution in [0.2, 0.25) is 0 Å². The molecule has 0 spiro atoms. The minimum absolute atomic E-state index is 0.0872. The van der Waals surface area contributed by atoms with Crippen LogP contribution in [0, 0.1) is 17.0 Å². The highest BCUT2D eigenvalue weighted by atomic mass is 32.1. The molecule has 0 atom stereocenters. The van der Waals surface area contributed by atoms with Crippen molar-refractivity contribution in [2.45, 2.75) is 19.3 Å². The molecule has 0 unspecified atom stereocenters. The predicted molar refractivity (Wildman–Crippen MR) is 62.0 cm³/mol. The minimum atomic E-state index is -0.645. The highest BCUT2D eigenvalue weighted by Crippen LogP contribution is 2.42. The highest BCUT2D eigenvalue weighted by molar-refractivity contribution is 7.80. The molecule has 0 bridgehead atoms. The molecule has 0 amide bonds. The molecule has 0 saturated heterocycles. The van der Waals surface area contributed by atoms with E-state index >= 15 is 0 Å². The molecule has 0 aliphatic heterocycles. The van der Waals surface area contributed by atoms with E-state index in [2.05, 4.69) is 12.6 Å². The minimum Gasteiger partial charge on any atom is -0.490 e. The molecule has 0 N–H and O–H groups in total. The van der Waals surface area contributed by atoms with Crippen molar-refractivity contribution in [3.05, 3.63) is 29.8 Å². The summed E-state index contributed by atoms with van der Waals surface area (Å²) in [6.45, 7) is 0.457. The maximum atomic E-state index is 13.3. The maximum absolute atomic E-state index is 13.3. The van der Waals surface area contributed by atoms with E-state index in [1.807, 2.05) is 0 Å². The van der Waals surface area contributed by atoms with Crippen molar-refractivity contribution in [3.63, 3.8) is 0 Å². The first-order chi connectivity index (χ1) is 7.65. The summed E-state index contributed by atoms with van der Waals surface area (Å²) >= 11 is 4.29. The normalized spacial score (nSPS) is 17.9. The van der Waals surface area contributed by atoms with Gasteiger partial charge in [0.25, 0.3) is 0 Å². The molecule has 2 rings (SSSR count). The van der Waals surface area contributed by atoms with Gasteiger partial charge in [-0.3, -0.25) is 0 Å². The van der Waals surface area contributed by atoms with E-state index in [0.29, 0.717) is 6.61 Å². The van der Waals surface area contributed by atoms with E-state index in [1.54, 1.807) is 0 Å². The van der Waals surface area contributed by atoms with E-state index in [9.17, 15) is 8.78 Å². The summed E-state index contributed by atoms with van der Waals surface area (Å²) < 4.78 is 31.3. The molecule has 1 aromatic rings. The van der Waals surface area contributed by atoms with Crippen molar-refractivity contribution in [2.24, 2.45) is 5.41 Å². The molecule has 1 aliphatic rings. The van der Waals surface area contributed by atoms with Gasteiger partial charge in [0.15, 0.2) is 11.6 Å². The molecule has 1 aliphatic carbocycles. The van der Waals surface area contributed by atoms with Crippen LogP contribution in [0.5, 0.6) is 5.75 Å². The number of hydrogen-bond donors (Lipinski definition) is 1. The SMILES string of the molecule is Fc1ccc(OCC2(CS)CCC2)c(F)c1. The van der Waals surface area contributed by atoms with E-state index < -0.39 is 11.6 Å². The molecule has 1 fully saturated rings. The number of benzene rings is 1. The van der Waals surface area contributed by atoms with Crippen LogP contribution in [-0.2, 0) is 0 Å². The van der Waals surface area contributed by atoms with Crippen molar-refractivity contribution in [2.75, 3.05) is 12.4 Å². The van der Waals surface area contributed by atoms with Gasteiger partial charge in [0.2, 0.25) is 0 Å². The lowest BCUT2D eigenvalue weighted by Gasteiger charge is -2.40. The summed E-state index contributed by atoms with van der Waals surface area (Å²) in [4.78, 5) is 0. The molecule has 4 heteroatoms. The second-order valence-corrected chi connectivity index (χ2v) is 4.69. The zero-order valence-electron chi connectivity index (χ0n) is 8.88. The van der Waals surface area contributed by atoms with Gasteiger partial charge in [0.1, 0.15) is 5.82 Å². The molecule has 0 aromatic heterocycles. The highest BCUT2D eigenvalue weighted by Gasteiger charge is 2.36. The third-order valence-corrected chi connectivity index (χ3v) is 3.85. The predicted octanol–water partition coefficient (Wildman–Crippen LogP) is 3.44. The van der Waals surface area contributed by atoms with E-state index in [0.717, 1.165) is 24.7 Å². The van der Waals surface area contributed by atoms with E-state index in [4.69, 9.17) is 4.74 Å². The number of hydrogen-bond acceptors (Lipinski definition) is 2. The van der Waals surface area contributed by atoms with Gasteiger partial charge in [-0.25, -0.2) is 8.78 Å². The second-order valence-electron chi connectivity index (χ2n) is 4.38. The van der Waals surface area contributed by atoms with E-state index in [-0.39, 0.29) is 11.2 Å². The molecule has 1 saturated carbocycles. The van der Waals surface area contributed by atoms with E-state index in [1.165, 1.54) is 18.6 Å². The van der Waals surface area contributed by atoms with Gasteiger partial charge in [-0.15, -0.1) is 0 Å². The average Bonchev–Trinajstić information content (AvgIpc) is 2.19. The summed E-state index contributed by atoms with van der Waals surface area (Å²) in [5.41, 5.74) is 0.0872. The van der Waals surface area contributed by atoms with Gasteiger partial charge in [-0.2, -0.15) is 12.6 Å². The Hall–Kier alpha value is -0.770. The average molecular weight is 244 g/mol. The standard InChI is InChI=1S/C12H14F2OS/c13-9-2-3-11(10(14)6-9)15-7-12(8-16)4-1-5-12/h2-3,6,16H,1,4-5,7-8H2. The van der Waals surface area contributed by atoms with Gasteiger partial charge in [-0.05, 0) is 30.7 Å². The zero-order chi connectivity index (χ0) is 11.6. The van der Waals surface area contributed by atoms with Crippen molar-refractivity contribution in [1.29, 1.82) is 0 Å². The Balaban J connectivity index is 1.99. The largest absolute Gasteiger partial charge is 0.490 e. The topological polar surface area (TPSA) is 9.23 Å². The molecule has 88 valence electrons. The van der Waals surface area contributed by atoms with Crippen molar-refractivity contribution in [3.8, 4) is 5.75 Å². The molecule has 0 heterocycles. The van der Waals surface area contributed by atoms with Gasteiger partial charge in [0.05, 0.1) is 6.61 Å². The summed E-state index contributed by atoms with van der Waals surface area (Å²) in [6.07, 6.45) is 3.31. The van der Waals surface area contributed by atoms with Gasteiger partial charge >= 0.3 is 0 Å². The molecule has 0 radical (unpaired) electrons. The summed E-state index contributed by atoms with van der Waals surface area (Å²) in [5, 5.41) is 0. The Morgan fingerprint density at radius 1 is 1.31 bits per heavy atom. The molecular formula is C12H14F2OS. The zero-order valence-corrected chi connectivity index (χ0v) is 9.77. The van der Waals surface area contributed by atoms with Crippen LogP contribution in [0.1, 0.15) is 19.3 Å². The van der Waals surface area contributed by atoms with Crippen LogP contribution >= 0.6 is 12.6 Å². The van der Waals surface area contributed by atoms with Gasteiger partial charge in [-0.1, -0.05) is 6.42 Å².